The summed E-state index contributed by atoms with van der Waals surface area (Å²) in [6, 6.07) is 8.82. The SMILES string of the molecule is C=CCn1c(SCC(=O)Nc2cc(Cl)ccc2OC)nnc1C(C)Oc1cc(C)c(Cl)c(C)c1. The van der Waals surface area contributed by atoms with Crippen molar-refractivity contribution >= 4 is 46.6 Å². The lowest BCUT2D eigenvalue weighted by Gasteiger charge is -2.17. The fraction of sp³-hybridized carbons (Fsp3) is 0.292. The topological polar surface area (TPSA) is 78.3 Å². The van der Waals surface area contributed by atoms with Gasteiger partial charge in [-0.05, 0) is 62.2 Å². The van der Waals surface area contributed by atoms with Gasteiger partial charge in [0.2, 0.25) is 5.91 Å². The molecule has 3 rings (SSSR count). The van der Waals surface area contributed by atoms with E-state index in [1.165, 1.54) is 18.9 Å². The van der Waals surface area contributed by atoms with E-state index in [-0.39, 0.29) is 17.8 Å². The molecule has 0 fully saturated rings. The van der Waals surface area contributed by atoms with Crippen LogP contribution in [0.3, 0.4) is 0 Å². The van der Waals surface area contributed by atoms with Crippen LogP contribution in [0, 0.1) is 13.8 Å². The van der Waals surface area contributed by atoms with Crippen LogP contribution in [0.4, 0.5) is 5.69 Å². The van der Waals surface area contributed by atoms with Gasteiger partial charge in [-0.3, -0.25) is 9.36 Å². The Balaban J connectivity index is 1.71. The van der Waals surface area contributed by atoms with Crippen molar-refractivity contribution in [3.63, 3.8) is 0 Å². The molecule has 10 heteroatoms. The van der Waals surface area contributed by atoms with Crippen molar-refractivity contribution in [2.24, 2.45) is 0 Å². The fourth-order valence-electron chi connectivity index (χ4n) is 3.33. The summed E-state index contributed by atoms with van der Waals surface area (Å²) in [4.78, 5) is 12.6. The van der Waals surface area contributed by atoms with Crippen LogP contribution in [-0.4, -0.2) is 33.5 Å². The van der Waals surface area contributed by atoms with Crippen molar-refractivity contribution in [2.45, 2.75) is 38.6 Å². The Kier molecular flexibility index (Phi) is 8.88. The Hall–Kier alpha value is -2.68. The minimum Gasteiger partial charge on any atom is -0.495 e. The molecule has 1 amide bonds. The number of carbonyl (C=O) groups excluding carboxylic acids is 1. The quantitative estimate of drug-likeness (QED) is 0.250. The first-order valence-corrected chi connectivity index (χ1v) is 12.2. The van der Waals surface area contributed by atoms with Gasteiger partial charge in [0.05, 0.1) is 18.6 Å². The Morgan fingerprint density at radius 1 is 1.24 bits per heavy atom. The molecule has 0 saturated carbocycles. The molecule has 2 aromatic carbocycles. The number of methoxy groups -OCH3 is 1. The predicted octanol–water partition coefficient (Wildman–Crippen LogP) is 6.27. The number of anilines is 1. The van der Waals surface area contributed by atoms with Gasteiger partial charge >= 0.3 is 0 Å². The zero-order valence-corrected chi connectivity index (χ0v) is 21.7. The first-order chi connectivity index (χ1) is 16.2. The number of hydrogen-bond donors (Lipinski definition) is 1. The lowest BCUT2D eigenvalue weighted by atomic mass is 10.1. The first kappa shape index (κ1) is 25.9. The smallest absolute Gasteiger partial charge is 0.234 e. The van der Waals surface area contributed by atoms with Gasteiger partial charge in [-0.25, -0.2) is 0 Å². The lowest BCUT2D eigenvalue weighted by Crippen LogP contribution is -2.16. The van der Waals surface area contributed by atoms with Crippen molar-refractivity contribution in [1.82, 2.24) is 14.8 Å². The molecule has 0 aliphatic rings. The van der Waals surface area contributed by atoms with Crippen LogP contribution < -0.4 is 14.8 Å². The standard InChI is InChI=1S/C24H26Cl2N4O3S/c1-6-9-30-23(16(4)33-18-10-14(2)22(26)15(3)11-18)28-29-24(30)34-13-21(31)27-19-12-17(25)7-8-20(19)32-5/h6-8,10-12,16H,1,9,13H2,2-5H3,(H,27,31). The summed E-state index contributed by atoms with van der Waals surface area (Å²) in [5.74, 6) is 1.75. The number of ether oxygens (including phenoxy) is 2. The van der Waals surface area contributed by atoms with Crippen molar-refractivity contribution in [1.29, 1.82) is 0 Å². The number of nitrogens with one attached hydrogen (secondary N) is 1. The molecule has 7 nitrogen and oxygen atoms in total. The van der Waals surface area contributed by atoms with Crippen LogP contribution in [0.1, 0.15) is 30.0 Å². The van der Waals surface area contributed by atoms with Gasteiger partial charge in [0.25, 0.3) is 0 Å². The van der Waals surface area contributed by atoms with Crippen molar-refractivity contribution in [3.05, 3.63) is 70.0 Å². The summed E-state index contributed by atoms with van der Waals surface area (Å²) in [5, 5.41) is 13.2. The normalized spacial score (nSPS) is 11.7. The molecule has 0 spiro atoms. The van der Waals surface area contributed by atoms with Crippen LogP contribution in [0.5, 0.6) is 11.5 Å². The molecule has 0 bridgehead atoms. The van der Waals surface area contributed by atoms with E-state index < -0.39 is 0 Å². The number of nitrogens with zero attached hydrogens (tertiary/aromatic N) is 3. The number of amides is 1. The second-order valence-electron chi connectivity index (χ2n) is 7.55. The van der Waals surface area contributed by atoms with Crippen LogP contribution in [0.15, 0.2) is 48.1 Å². The summed E-state index contributed by atoms with van der Waals surface area (Å²) in [6.07, 6.45) is 1.36. The zero-order chi connectivity index (χ0) is 24.8. The molecular weight excluding hydrogens is 495 g/mol. The molecule has 3 aromatic rings. The maximum atomic E-state index is 12.6. The van der Waals surface area contributed by atoms with E-state index in [0.29, 0.717) is 39.7 Å². The summed E-state index contributed by atoms with van der Waals surface area (Å²) in [5.41, 5.74) is 2.38. The maximum Gasteiger partial charge on any atom is 0.234 e. The second kappa shape index (κ2) is 11.6. The molecule has 180 valence electrons. The number of allylic oxidation sites excluding steroid dienone is 1. The summed E-state index contributed by atoms with van der Waals surface area (Å²) in [6.45, 7) is 10.1. The Bertz CT molecular complexity index is 1180. The van der Waals surface area contributed by atoms with Gasteiger partial charge in [0.1, 0.15) is 11.5 Å². The zero-order valence-electron chi connectivity index (χ0n) is 19.4. The first-order valence-electron chi connectivity index (χ1n) is 10.5. The summed E-state index contributed by atoms with van der Waals surface area (Å²) < 4.78 is 13.3. The number of benzene rings is 2. The number of hydrogen-bond acceptors (Lipinski definition) is 6. The second-order valence-corrected chi connectivity index (χ2v) is 9.31. The minimum atomic E-state index is -0.383. The average Bonchev–Trinajstić information content (AvgIpc) is 3.19. The minimum absolute atomic E-state index is 0.121. The monoisotopic (exact) mass is 520 g/mol. The molecule has 34 heavy (non-hydrogen) atoms. The third kappa shape index (κ3) is 6.25. The lowest BCUT2D eigenvalue weighted by molar-refractivity contribution is -0.113. The van der Waals surface area contributed by atoms with Gasteiger partial charge in [0, 0.05) is 16.6 Å². The highest BCUT2D eigenvalue weighted by atomic mass is 35.5. The fourth-order valence-corrected chi connectivity index (χ4v) is 4.37. The van der Waals surface area contributed by atoms with E-state index >= 15 is 0 Å². The van der Waals surface area contributed by atoms with Crippen LogP contribution in [0.2, 0.25) is 10.0 Å². The van der Waals surface area contributed by atoms with Gasteiger partial charge in [0.15, 0.2) is 17.1 Å². The molecule has 0 radical (unpaired) electrons. The number of aromatic nitrogens is 3. The Morgan fingerprint density at radius 3 is 2.59 bits per heavy atom. The van der Waals surface area contributed by atoms with Gasteiger partial charge in [-0.1, -0.05) is 41.0 Å². The van der Waals surface area contributed by atoms with Gasteiger partial charge in [-0.15, -0.1) is 16.8 Å². The van der Waals surface area contributed by atoms with Crippen molar-refractivity contribution < 1.29 is 14.3 Å². The van der Waals surface area contributed by atoms with Crippen molar-refractivity contribution in [3.8, 4) is 11.5 Å². The van der Waals surface area contributed by atoms with E-state index in [1.54, 1.807) is 24.3 Å². The number of halogens is 2. The maximum absolute atomic E-state index is 12.6. The van der Waals surface area contributed by atoms with E-state index in [0.717, 1.165) is 16.1 Å². The number of aryl methyl sites for hydroxylation is 2. The molecule has 1 heterocycles. The summed E-state index contributed by atoms with van der Waals surface area (Å²) >= 11 is 13.6. The number of carbonyl (C=O) groups is 1. The van der Waals surface area contributed by atoms with E-state index in [9.17, 15) is 4.79 Å². The Morgan fingerprint density at radius 2 is 1.94 bits per heavy atom. The highest BCUT2D eigenvalue weighted by Crippen LogP contribution is 2.31. The average molecular weight is 521 g/mol. The van der Waals surface area contributed by atoms with Crippen LogP contribution in [0.25, 0.3) is 0 Å². The van der Waals surface area contributed by atoms with Gasteiger partial charge in [-0.2, -0.15) is 0 Å². The third-order valence-electron chi connectivity index (χ3n) is 4.91. The number of rotatable bonds is 10. The van der Waals surface area contributed by atoms with Crippen LogP contribution >= 0.6 is 35.0 Å². The highest BCUT2D eigenvalue weighted by molar-refractivity contribution is 7.99. The molecule has 0 aliphatic carbocycles. The molecule has 1 aromatic heterocycles. The molecule has 1 N–H and O–H groups in total. The van der Waals surface area contributed by atoms with E-state index in [2.05, 4.69) is 22.1 Å². The molecule has 1 atom stereocenters. The van der Waals surface area contributed by atoms with Crippen molar-refractivity contribution in [2.75, 3.05) is 18.2 Å². The molecule has 1 unspecified atom stereocenters. The molecular formula is C24H26Cl2N4O3S. The third-order valence-corrected chi connectivity index (χ3v) is 6.71. The number of thioether (sulfide) groups is 1. The molecule has 0 saturated heterocycles. The Labute approximate surface area is 213 Å². The summed E-state index contributed by atoms with van der Waals surface area (Å²) in [7, 11) is 1.53. The largest absolute Gasteiger partial charge is 0.495 e. The molecule has 0 aliphatic heterocycles. The van der Waals surface area contributed by atoms with Gasteiger partial charge < -0.3 is 14.8 Å². The van der Waals surface area contributed by atoms with E-state index in [4.69, 9.17) is 32.7 Å². The highest BCUT2D eigenvalue weighted by Gasteiger charge is 2.20. The van der Waals surface area contributed by atoms with E-state index in [1.807, 2.05) is 37.5 Å². The van der Waals surface area contributed by atoms with Crippen LogP contribution in [-0.2, 0) is 11.3 Å². The predicted molar refractivity (Wildman–Crippen MR) is 138 cm³/mol.